The van der Waals surface area contributed by atoms with E-state index in [0.29, 0.717) is 5.56 Å². The number of amides is 1. The van der Waals surface area contributed by atoms with E-state index in [1.165, 1.54) is 17.7 Å². The predicted octanol–water partition coefficient (Wildman–Crippen LogP) is 3.28. The van der Waals surface area contributed by atoms with Gasteiger partial charge in [-0.15, -0.1) is 0 Å². The second-order valence-corrected chi connectivity index (χ2v) is 5.14. The molecule has 2 aromatic carbocycles. The van der Waals surface area contributed by atoms with Gasteiger partial charge in [-0.05, 0) is 42.7 Å². The van der Waals surface area contributed by atoms with E-state index in [0.717, 1.165) is 19.4 Å². The first-order chi connectivity index (χ1) is 9.74. The average Bonchev–Trinajstić information content (AvgIpc) is 2.45. The summed E-state index contributed by atoms with van der Waals surface area (Å²) in [6.07, 6.45) is 1.91. The number of nitrogens with zero attached hydrogens (tertiary/aromatic N) is 1. The number of hydrogen-bond acceptors (Lipinski definition) is 1. The van der Waals surface area contributed by atoms with Crippen LogP contribution in [0.15, 0.2) is 54.6 Å². The van der Waals surface area contributed by atoms with Crippen LogP contribution >= 0.6 is 0 Å². The van der Waals surface area contributed by atoms with E-state index in [1.54, 1.807) is 12.1 Å². The van der Waals surface area contributed by atoms with Gasteiger partial charge in [-0.1, -0.05) is 30.3 Å². The van der Waals surface area contributed by atoms with Gasteiger partial charge in [0.05, 0.1) is 0 Å². The highest BCUT2D eigenvalue weighted by Gasteiger charge is 2.32. The minimum atomic E-state index is -0.314. The van der Waals surface area contributed by atoms with Crippen LogP contribution in [0.4, 0.5) is 4.39 Å². The third kappa shape index (κ3) is 2.57. The molecule has 1 aliphatic rings. The Morgan fingerprint density at radius 3 is 2.40 bits per heavy atom. The average molecular weight is 269 g/mol. The summed E-state index contributed by atoms with van der Waals surface area (Å²) in [4.78, 5) is 14.2. The van der Waals surface area contributed by atoms with E-state index < -0.39 is 0 Å². The van der Waals surface area contributed by atoms with Gasteiger partial charge in [-0.2, -0.15) is 0 Å². The van der Waals surface area contributed by atoms with Crippen LogP contribution in [0.2, 0.25) is 0 Å². The molecule has 1 aliphatic heterocycles. The molecule has 2 aromatic rings. The molecule has 0 N–H and O–H groups in total. The number of hydrogen-bond donors (Lipinski definition) is 0. The smallest absolute Gasteiger partial charge is 0.254 e. The third-order valence-corrected chi connectivity index (χ3v) is 3.81. The SMILES string of the molecule is O=C(c1ccc(F)cc1)N1CCC1Cc1ccccc1. The number of halogens is 1. The summed E-state index contributed by atoms with van der Waals surface area (Å²) in [6.45, 7) is 0.785. The molecule has 1 saturated heterocycles. The van der Waals surface area contributed by atoms with Gasteiger partial charge in [0.25, 0.3) is 5.91 Å². The Morgan fingerprint density at radius 2 is 1.80 bits per heavy atom. The van der Waals surface area contributed by atoms with Crippen molar-refractivity contribution in [2.45, 2.75) is 18.9 Å². The molecule has 1 fully saturated rings. The molecule has 1 amide bonds. The van der Waals surface area contributed by atoms with Crippen LogP contribution in [0, 0.1) is 5.82 Å². The first-order valence-electron chi connectivity index (χ1n) is 6.84. The molecule has 102 valence electrons. The Hall–Kier alpha value is -2.16. The molecule has 0 radical (unpaired) electrons. The van der Waals surface area contributed by atoms with Gasteiger partial charge < -0.3 is 4.90 Å². The second kappa shape index (κ2) is 5.45. The lowest BCUT2D eigenvalue weighted by Gasteiger charge is -2.41. The van der Waals surface area contributed by atoms with Crippen LogP contribution in [0.5, 0.6) is 0 Å². The fourth-order valence-corrected chi connectivity index (χ4v) is 2.56. The summed E-state index contributed by atoms with van der Waals surface area (Å²) >= 11 is 0. The summed E-state index contributed by atoms with van der Waals surface area (Å²) in [7, 11) is 0. The molecule has 3 rings (SSSR count). The van der Waals surface area contributed by atoms with E-state index in [-0.39, 0.29) is 17.8 Å². The molecule has 0 spiro atoms. The molecule has 0 saturated carbocycles. The van der Waals surface area contributed by atoms with E-state index in [4.69, 9.17) is 0 Å². The summed E-state index contributed by atoms with van der Waals surface area (Å²) in [5.74, 6) is -0.317. The van der Waals surface area contributed by atoms with Gasteiger partial charge in [-0.3, -0.25) is 4.79 Å². The first kappa shape index (κ1) is 12.9. The number of benzene rings is 2. The quantitative estimate of drug-likeness (QED) is 0.837. The molecular formula is C17H16FNO. The summed E-state index contributed by atoms with van der Waals surface area (Å²) in [5.41, 5.74) is 1.80. The summed E-state index contributed by atoms with van der Waals surface area (Å²) in [6, 6.07) is 16.2. The molecule has 2 nitrogen and oxygen atoms in total. The van der Waals surface area contributed by atoms with Gasteiger partial charge in [-0.25, -0.2) is 4.39 Å². The van der Waals surface area contributed by atoms with Crippen LogP contribution in [-0.2, 0) is 6.42 Å². The molecular weight excluding hydrogens is 253 g/mol. The van der Waals surface area contributed by atoms with Crippen molar-refractivity contribution in [1.29, 1.82) is 0 Å². The highest BCUT2D eigenvalue weighted by molar-refractivity contribution is 5.94. The van der Waals surface area contributed by atoms with Gasteiger partial charge in [0.2, 0.25) is 0 Å². The number of carbonyl (C=O) groups excluding carboxylic acids is 1. The first-order valence-corrected chi connectivity index (χ1v) is 6.84. The summed E-state index contributed by atoms with van der Waals surface area (Å²) < 4.78 is 12.9. The van der Waals surface area contributed by atoms with Crippen LogP contribution < -0.4 is 0 Å². The highest BCUT2D eigenvalue weighted by atomic mass is 19.1. The molecule has 0 bridgehead atoms. The molecule has 1 heterocycles. The topological polar surface area (TPSA) is 20.3 Å². The van der Waals surface area contributed by atoms with Crippen molar-refractivity contribution in [3.8, 4) is 0 Å². The molecule has 3 heteroatoms. The van der Waals surface area contributed by atoms with E-state index in [1.807, 2.05) is 23.1 Å². The number of likely N-dealkylation sites (tertiary alicyclic amines) is 1. The molecule has 1 unspecified atom stereocenters. The van der Waals surface area contributed by atoms with Crippen LogP contribution in [0.3, 0.4) is 0 Å². The van der Waals surface area contributed by atoms with Crippen molar-refractivity contribution in [1.82, 2.24) is 4.90 Å². The standard InChI is InChI=1S/C17H16FNO/c18-15-8-6-14(7-9-15)17(20)19-11-10-16(19)12-13-4-2-1-3-5-13/h1-9,16H,10-12H2. The van der Waals surface area contributed by atoms with Crippen molar-refractivity contribution in [2.75, 3.05) is 6.54 Å². The maximum Gasteiger partial charge on any atom is 0.254 e. The minimum absolute atomic E-state index is 0.00261. The third-order valence-electron chi connectivity index (χ3n) is 3.81. The second-order valence-electron chi connectivity index (χ2n) is 5.14. The largest absolute Gasteiger partial charge is 0.335 e. The maximum atomic E-state index is 12.9. The zero-order valence-electron chi connectivity index (χ0n) is 11.1. The van der Waals surface area contributed by atoms with Crippen molar-refractivity contribution >= 4 is 5.91 Å². The molecule has 1 atom stereocenters. The Balaban J connectivity index is 1.68. The monoisotopic (exact) mass is 269 g/mol. The molecule has 0 aromatic heterocycles. The fourth-order valence-electron chi connectivity index (χ4n) is 2.56. The van der Waals surface area contributed by atoms with E-state index in [2.05, 4.69) is 12.1 Å². The Bertz CT molecular complexity index is 594. The lowest BCUT2D eigenvalue weighted by Crippen LogP contribution is -2.52. The Kier molecular flexibility index (Phi) is 3.50. The van der Waals surface area contributed by atoms with Gasteiger partial charge in [0.15, 0.2) is 0 Å². The predicted molar refractivity (Wildman–Crippen MR) is 76.0 cm³/mol. The van der Waals surface area contributed by atoms with Crippen molar-refractivity contribution in [3.05, 3.63) is 71.5 Å². The lowest BCUT2D eigenvalue weighted by molar-refractivity contribution is 0.0464. The van der Waals surface area contributed by atoms with E-state index in [9.17, 15) is 9.18 Å². The number of carbonyl (C=O) groups is 1. The van der Waals surface area contributed by atoms with Crippen molar-refractivity contribution in [3.63, 3.8) is 0 Å². The Morgan fingerprint density at radius 1 is 1.10 bits per heavy atom. The van der Waals surface area contributed by atoms with Crippen LogP contribution in [0.1, 0.15) is 22.3 Å². The van der Waals surface area contributed by atoms with Crippen molar-refractivity contribution in [2.24, 2.45) is 0 Å². The van der Waals surface area contributed by atoms with E-state index >= 15 is 0 Å². The lowest BCUT2D eigenvalue weighted by atomic mass is 9.94. The Labute approximate surface area is 117 Å². The maximum absolute atomic E-state index is 12.9. The minimum Gasteiger partial charge on any atom is -0.335 e. The fraction of sp³-hybridized carbons (Fsp3) is 0.235. The highest BCUT2D eigenvalue weighted by Crippen LogP contribution is 2.24. The molecule has 20 heavy (non-hydrogen) atoms. The van der Waals surface area contributed by atoms with Gasteiger partial charge in [0.1, 0.15) is 5.82 Å². The van der Waals surface area contributed by atoms with Crippen LogP contribution in [0.25, 0.3) is 0 Å². The normalized spacial score (nSPS) is 17.6. The van der Waals surface area contributed by atoms with Crippen LogP contribution in [-0.4, -0.2) is 23.4 Å². The summed E-state index contributed by atoms with van der Waals surface area (Å²) in [5, 5.41) is 0. The zero-order valence-corrected chi connectivity index (χ0v) is 11.1. The zero-order chi connectivity index (χ0) is 13.9. The van der Waals surface area contributed by atoms with Gasteiger partial charge >= 0.3 is 0 Å². The molecule has 0 aliphatic carbocycles. The van der Waals surface area contributed by atoms with Gasteiger partial charge in [0, 0.05) is 18.2 Å². The number of rotatable bonds is 3. The van der Waals surface area contributed by atoms with Crippen molar-refractivity contribution < 1.29 is 9.18 Å².